The first-order valence-corrected chi connectivity index (χ1v) is 6.81. The molecule has 0 amide bonds. The highest BCUT2D eigenvalue weighted by molar-refractivity contribution is 9.10. The Kier molecular flexibility index (Phi) is 4.53. The van der Waals surface area contributed by atoms with Crippen LogP contribution >= 0.6 is 15.9 Å². The second-order valence-electron chi connectivity index (χ2n) is 5.32. The van der Waals surface area contributed by atoms with E-state index in [0.717, 1.165) is 6.54 Å². The highest BCUT2D eigenvalue weighted by Crippen LogP contribution is 2.31. The molecule has 1 saturated heterocycles. The zero-order valence-electron chi connectivity index (χ0n) is 11.1. The summed E-state index contributed by atoms with van der Waals surface area (Å²) in [5, 5.41) is 0. The molecule has 102 valence electrons. The van der Waals surface area contributed by atoms with Gasteiger partial charge in [-0.05, 0) is 42.2 Å². The Morgan fingerprint density at radius 1 is 1.47 bits per heavy atom. The molecule has 1 heterocycles. The summed E-state index contributed by atoms with van der Waals surface area (Å²) in [5.74, 6) is 0.109. The van der Waals surface area contributed by atoms with Crippen LogP contribution < -0.4 is 10.2 Å². The van der Waals surface area contributed by atoms with Crippen LogP contribution in [0.4, 0.5) is 4.39 Å². The van der Waals surface area contributed by atoms with Crippen LogP contribution in [0.5, 0.6) is 5.75 Å². The summed E-state index contributed by atoms with van der Waals surface area (Å²) in [4.78, 5) is 2.11. The Labute approximate surface area is 122 Å². The predicted octanol–water partition coefficient (Wildman–Crippen LogP) is 1.34. The van der Waals surface area contributed by atoms with Crippen molar-refractivity contribution < 1.29 is 13.9 Å². The first-order valence-electron chi connectivity index (χ1n) is 6.02. The lowest BCUT2D eigenvalue weighted by atomic mass is 9.86. The average molecular weight is 328 g/mol. The number of nitrogens with zero attached hydrogens (tertiary/aromatic N) is 1. The van der Waals surface area contributed by atoms with E-state index in [1.165, 1.54) is 12.1 Å². The fourth-order valence-corrected chi connectivity index (χ4v) is 2.60. The minimum Gasteiger partial charge on any atom is -0.492 e. The third kappa shape index (κ3) is 3.49. The van der Waals surface area contributed by atoms with Gasteiger partial charge in [0.15, 0.2) is 0 Å². The number of ether oxygens (including phenoxy) is 2. The van der Waals surface area contributed by atoms with E-state index in [2.05, 4.69) is 20.8 Å². The van der Waals surface area contributed by atoms with Gasteiger partial charge in [-0.2, -0.15) is 0 Å². The zero-order valence-corrected chi connectivity index (χ0v) is 12.7. The van der Waals surface area contributed by atoms with Crippen molar-refractivity contribution in [3.8, 4) is 5.75 Å². The fourth-order valence-electron chi connectivity index (χ4n) is 2.17. The van der Waals surface area contributed by atoms with Crippen molar-refractivity contribution in [1.29, 1.82) is 0 Å². The van der Waals surface area contributed by atoms with E-state index in [4.69, 9.17) is 17.3 Å². The molecule has 1 aromatic rings. The van der Waals surface area contributed by atoms with Gasteiger partial charge in [-0.15, -0.1) is 0 Å². The van der Waals surface area contributed by atoms with Crippen LogP contribution in [-0.2, 0) is 4.74 Å². The number of benzene rings is 1. The zero-order chi connectivity index (χ0) is 14.0. The molecule has 1 aliphatic rings. The average Bonchev–Trinajstić information content (AvgIpc) is 2.27. The van der Waals surface area contributed by atoms with E-state index in [0.29, 0.717) is 30.0 Å². The fraction of sp³-hybridized carbons (Fsp3) is 0.538. The normalized spacial score (nSPS) is 17.3. The van der Waals surface area contributed by atoms with Crippen molar-refractivity contribution in [3.63, 3.8) is 0 Å². The molecule has 2 rings (SSSR count). The van der Waals surface area contributed by atoms with Crippen LogP contribution in [0.25, 0.3) is 0 Å². The molecule has 1 aromatic carbocycles. The largest absolute Gasteiger partial charge is 0.492 e. The summed E-state index contributed by atoms with van der Waals surface area (Å²) < 4.78 is 24.9. The molecule has 2 radical (unpaired) electrons. The summed E-state index contributed by atoms with van der Waals surface area (Å²) in [6.45, 7) is 2.77. The molecular weight excluding hydrogens is 312 g/mol. The Bertz CT molecular complexity index is 466. The second-order valence-corrected chi connectivity index (χ2v) is 6.18. The molecule has 3 nitrogen and oxygen atoms in total. The van der Waals surface area contributed by atoms with Gasteiger partial charge < -0.3 is 14.4 Å². The highest BCUT2D eigenvalue weighted by atomic mass is 79.9. The highest BCUT2D eigenvalue weighted by Gasteiger charge is 2.40. The van der Waals surface area contributed by atoms with Crippen LogP contribution in [0.3, 0.4) is 0 Å². The maximum absolute atomic E-state index is 13.2. The molecule has 0 saturated carbocycles. The lowest BCUT2D eigenvalue weighted by molar-refractivity contribution is -0.140. The Hall–Kier alpha value is -0.585. The first-order chi connectivity index (χ1) is 8.92. The summed E-state index contributed by atoms with van der Waals surface area (Å²) in [6, 6.07) is 2.82. The van der Waals surface area contributed by atoms with Crippen molar-refractivity contribution in [2.45, 2.75) is 0 Å². The van der Waals surface area contributed by atoms with Gasteiger partial charge in [0.05, 0.1) is 29.7 Å². The van der Waals surface area contributed by atoms with Crippen LogP contribution in [-0.4, -0.2) is 53.2 Å². The molecule has 0 aromatic heterocycles. The van der Waals surface area contributed by atoms with Crippen molar-refractivity contribution in [2.24, 2.45) is 5.41 Å². The van der Waals surface area contributed by atoms with Gasteiger partial charge in [-0.25, -0.2) is 4.39 Å². The van der Waals surface area contributed by atoms with E-state index >= 15 is 0 Å². The van der Waals surface area contributed by atoms with E-state index in [1.807, 2.05) is 14.1 Å². The van der Waals surface area contributed by atoms with Gasteiger partial charge in [0, 0.05) is 6.54 Å². The van der Waals surface area contributed by atoms with Crippen molar-refractivity contribution in [3.05, 3.63) is 22.4 Å². The molecule has 0 spiro atoms. The first kappa shape index (κ1) is 14.8. The molecule has 6 heteroatoms. The molecule has 1 aliphatic heterocycles. The van der Waals surface area contributed by atoms with Crippen LogP contribution in [0.2, 0.25) is 0 Å². The Morgan fingerprint density at radius 3 is 2.68 bits per heavy atom. The van der Waals surface area contributed by atoms with Gasteiger partial charge in [0.25, 0.3) is 0 Å². The standard InChI is InChI=1S/C13H16BBrFNO2/c1-17(2)5-13(6-18-7-13)8-19-12-3-9(14)11(16)4-10(12)15/h3-4H,5-8H2,1-2H3. The predicted molar refractivity (Wildman–Crippen MR) is 76.8 cm³/mol. The van der Waals surface area contributed by atoms with Gasteiger partial charge in [0.1, 0.15) is 19.4 Å². The molecule has 0 atom stereocenters. The molecule has 0 bridgehead atoms. The van der Waals surface area contributed by atoms with Gasteiger partial charge in [-0.3, -0.25) is 0 Å². The van der Waals surface area contributed by atoms with E-state index in [-0.39, 0.29) is 10.9 Å². The quantitative estimate of drug-likeness (QED) is 0.762. The van der Waals surface area contributed by atoms with E-state index in [9.17, 15) is 4.39 Å². The second kappa shape index (κ2) is 5.81. The molecule has 0 aliphatic carbocycles. The van der Waals surface area contributed by atoms with Gasteiger partial charge in [-0.1, -0.05) is 5.46 Å². The lowest BCUT2D eigenvalue weighted by Crippen LogP contribution is -2.53. The lowest BCUT2D eigenvalue weighted by Gasteiger charge is -2.42. The third-order valence-electron chi connectivity index (χ3n) is 3.05. The summed E-state index contributed by atoms with van der Waals surface area (Å²) in [7, 11) is 9.59. The minimum absolute atomic E-state index is 0.00604. The number of rotatable bonds is 5. The number of halogens is 2. The summed E-state index contributed by atoms with van der Waals surface area (Å²) in [6.07, 6.45) is 0. The summed E-state index contributed by atoms with van der Waals surface area (Å²) >= 11 is 3.28. The van der Waals surface area contributed by atoms with Gasteiger partial charge in [0.2, 0.25) is 0 Å². The van der Waals surface area contributed by atoms with Crippen molar-refractivity contribution >= 4 is 29.2 Å². The number of hydrogen-bond acceptors (Lipinski definition) is 3. The molecular formula is C13H16BBrFNO2. The minimum atomic E-state index is -0.450. The Morgan fingerprint density at radius 2 is 2.16 bits per heavy atom. The summed E-state index contributed by atoms with van der Waals surface area (Å²) in [5.41, 5.74) is 0.0937. The smallest absolute Gasteiger partial charge is 0.133 e. The van der Waals surface area contributed by atoms with Gasteiger partial charge >= 0.3 is 0 Å². The number of hydrogen-bond donors (Lipinski definition) is 0. The maximum Gasteiger partial charge on any atom is 0.133 e. The third-order valence-corrected chi connectivity index (χ3v) is 3.67. The van der Waals surface area contributed by atoms with E-state index < -0.39 is 5.82 Å². The SMILES string of the molecule is [B]c1cc(OCC2(CN(C)C)COC2)c(Br)cc1F. The van der Waals surface area contributed by atoms with Crippen molar-refractivity contribution in [1.82, 2.24) is 4.90 Å². The molecule has 0 N–H and O–H groups in total. The molecule has 1 fully saturated rings. The molecule has 19 heavy (non-hydrogen) atoms. The molecule has 0 unspecified atom stereocenters. The maximum atomic E-state index is 13.2. The Balaban J connectivity index is 2.03. The van der Waals surface area contributed by atoms with E-state index in [1.54, 1.807) is 0 Å². The van der Waals surface area contributed by atoms with Crippen LogP contribution in [0.15, 0.2) is 16.6 Å². The monoisotopic (exact) mass is 327 g/mol. The van der Waals surface area contributed by atoms with Crippen LogP contribution in [0, 0.1) is 11.2 Å². The van der Waals surface area contributed by atoms with Crippen molar-refractivity contribution in [2.75, 3.05) is 40.5 Å². The topological polar surface area (TPSA) is 21.7 Å². The van der Waals surface area contributed by atoms with Crippen LogP contribution in [0.1, 0.15) is 0 Å².